The molecule has 0 amide bonds. The van der Waals surface area contributed by atoms with Crippen molar-refractivity contribution in [2.45, 2.75) is 77.9 Å². The summed E-state index contributed by atoms with van der Waals surface area (Å²) in [4.78, 5) is 0. The third-order valence-corrected chi connectivity index (χ3v) is 12.0. The molecule has 0 atom stereocenters. The van der Waals surface area contributed by atoms with E-state index in [0.717, 1.165) is 5.40 Å². The van der Waals surface area contributed by atoms with Crippen molar-refractivity contribution in [3.05, 3.63) is 0 Å². The van der Waals surface area contributed by atoms with E-state index in [9.17, 15) is 0 Å². The van der Waals surface area contributed by atoms with E-state index in [-0.39, 0.29) is 0 Å². The molecule has 0 N–H and O–H groups in total. The van der Waals surface area contributed by atoms with Gasteiger partial charge in [0.2, 0.25) is 0 Å². The van der Waals surface area contributed by atoms with Crippen molar-refractivity contribution in [3.63, 3.8) is 0 Å². The van der Waals surface area contributed by atoms with Crippen LogP contribution in [0.3, 0.4) is 0 Å². The van der Waals surface area contributed by atoms with Crippen molar-refractivity contribution in [1.82, 2.24) is 0 Å². The Kier molecular flexibility index (Phi) is 14.6. The molecular formula is C16H37BP2. The first kappa shape index (κ1) is 19.9. The summed E-state index contributed by atoms with van der Waals surface area (Å²) in [5, 5.41) is 1.14. The summed E-state index contributed by atoms with van der Waals surface area (Å²) in [7, 11) is 3.02. The third kappa shape index (κ3) is 8.73. The van der Waals surface area contributed by atoms with Crippen LogP contribution in [-0.2, 0) is 0 Å². The lowest BCUT2D eigenvalue weighted by atomic mass is 10.0. The molecule has 0 fully saturated rings. The molecule has 0 aromatic heterocycles. The topological polar surface area (TPSA) is 0 Å². The van der Waals surface area contributed by atoms with E-state index in [4.69, 9.17) is 0 Å². The summed E-state index contributed by atoms with van der Waals surface area (Å²) < 4.78 is 0. The van der Waals surface area contributed by atoms with Crippen LogP contribution >= 0.6 is 15.8 Å². The summed E-state index contributed by atoms with van der Waals surface area (Å²) in [6.45, 7) is 9.57. The Hall–Kier alpha value is 0.925. The SMILES string of the molecule is BCCCC(P(CCC)CCC)P(CCC)CCC. The van der Waals surface area contributed by atoms with E-state index in [1.165, 1.54) is 38.4 Å². The average Bonchev–Trinajstić information content (AvgIpc) is 2.40. The molecule has 0 nitrogen and oxygen atoms in total. The standard InChI is InChI=1S/C16H37BP2/c1-5-12-18(13-6-2)16(10-9-11-17)19(14-7-3)15-8-4/h16H,5-15,17H2,1-4H3. The fraction of sp³-hybridized carbons (Fsp3) is 1.00. The normalized spacial score (nSPS) is 11.9. The Morgan fingerprint density at radius 1 is 0.737 bits per heavy atom. The van der Waals surface area contributed by atoms with Gasteiger partial charge in [-0.3, -0.25) is 0 Å². The summed E-state index contributed by atoms with van der Waals surface area (Å²) in [5.74, 6) is 0. The van der Waals surface area contributed by atoms with Crippen molar-refractivity contribution >= 4 is 23.7 Å². The van der Waals surface area contributed by atoms with Gasteiger partial charge in [0.1, 0.15) is 7.85 Å². The predicted molar refractivity (Wildman–Crippen MR) is 101 cm³/mol. The lowest BCUT2D eigenvalue weighted by molar-refractivity contribution is 0.841. The van der Waals surface area contributed by atoms with E-state index < -0.39 is 0 Å². The minimum atomic E-state index is 0.330. The zero-order valence-corrected chi connectivity index (χ0v) is 16.0. The Labute approximate surface area is 126 Å². The molecule has 0 rings (SSSR count). The Morgan fingerprint density at radius 2 is 1.11 bits per heavy atom. The fourth-order valence-corrected chi connectivity index (χ4v) is 11.2. The van der Waals surface area contributed by atoms with Crippen LogP contribution in [0.15, 0.2) is 0 Å². The van der Waals surface area contributed by atoms with Gasteiger partial charge < -0.3 is 0 Å². The zero-order valence-electron chi connectivity index (χ0n) is 14.2. The molecule has 0 spiro atoms. The maximum atomic E-state index is 2.39. The van der Waals surface area contributed by atoms with Crippen molar-refractivity contribution in [2.75, 3.05) is 24.6 Å². The lowest BCUT2D eigenvalue weighted by Crippen LogP contribution is -2.12. The molecule has 0 aromatic rings. The molecule has 114 valence electrons. The van der Waals surface area contributed by atoms with Gasteiger partial charge in [-0.1, -0.05) is 82.0 Å². The molecule has 0 aliphatic heterocycles. The first-order chi connectivity index (χ1) is 9.24. The second-order valence-corrected chi connectivity index (χ2v) is 11.5. The van der Waals surface area contributed by atoms with Crippen LogP contribution in [-0.4, -0.2) is 37.9 Å². The van der Waals surface area contributed by atoms with Gasteiger partial charge in [-0.05, 0) is 36.5 Å². The van der Waals surface area contributed by atoms with Gasteiger partial charge in [0, 0.05) is 0 Å². The number of hydrogen-bond acceptors (Lipinski definition) is 0. The highest BCUT2D eigenvalue weighted by atomic mass is 31.2. The van der Waals surface area contributed by atoms with E-state index in [1.54, 1.807) is 31.1 Å². The van der Waals surface area contributed by atoms with Crippen LogP contribution in [0.5, 0.6) is 0 Å². The smallest absolute Gasteiger partial charge is 0.0991 e. The summed E-state index contributed by atoms with van der Waals surface area (Å²) in [6.07, 6.45) is 16.2. The third-order valence-electron chi connectivity index (χ3n) is 3.70. The van der Waals surface area contributed by atoms with Crippen molar-refractivity contribution in [2.24, 2.45) is 0 Å². The Bertz CT molecular complexity index is 160. The molecule has 0 aliphatic carbocycles. The molecule has 0 saturated heterocycles. The van der Waals surface area contributed by atoms with Gasteiger partial charge in [0.15, 0.2) is 0 Å². The van der Waals surface area contributed by atoms with Crippen LogP contribution in [0, 0.1) is 0 Å². The average molecular weight is 302 g/mol. The molecule has 0 aromatic carbocycles. The molecule has 0 unspecified atom stereocenters. The van der Waals surface area contributed by atoms with E-state index >= 15 is 0 Å². The molecule has 0 bridgehead atoms. The molecule has 0 heterocycles. The van der Waals surface area contributed by atoms with Crippen LogP contribution in [0.25, 0.3) is 0 Å². The van der Waals surface area contributed by atoms with Crippen molar-refractivity contribution in [1.29, 1.82) is 0 Å². The highest BCUT2D eigenvalue weighted by molar-refractivity contribution is 7.75. The highest BCUT2D eigenvalue weighted by Crippen LogP contribution is 2.61. The molecular weight excluding hydrogens is 265 g/mol. The van der Waals surface area contributed by atoms with Crippen LogP contribution in [0.2, 0.25) is 6.32 Å². The number of hydrogen-bond donors (Lipinski definition) is 0. The van der Waals surface area contributed by atoms with Gasteiger partial charge in [0.25, 0.3) is 0 Å². The van der Waals surface area contributed by atoms with Crippen molar-refractivity contribution < 1.29 is 0 Å². The van der Waals surface area contributed by atoms with Crippen LogP contribution in [0.4, 0.5) is 0 Å². The van der Waals surface area contributed by atoms with Gasteiger partial charge in [-0.15, -0.1) is 0 Å². The second-order valence-electron chi connectivity index (χ2n) is 5.69. The fourth-order valence-electron chi connectivity index (χ4n) is 2.95. The molecule has 0 radical (unpaired) electrons. The van der Waals surface area contributed by atoms with E-state index in [1.807, 2.05) is 0 Å². The molecule has 0 saturated carbocycles. The number of rotatable bonds is 13. The molecule has 0 aliphatic rings. The second kappa shape index (κ2) is 13.9. The zero-order chi connectivity index (χ0) is 14.5. The van der Waals surface area contributed by atoms with Gasteiger partial charge in [0.05, 0.1) is 0 Å². The largest absolute Gasteiger partial charge is 0.101 e. The van der Waals surface area contributed by atoms with Gasteiger partial charge >= 0.3 is 0 Å². The summed E-state index contributed by atoms with van der Waals surface area (Å²) in [5.41, 5.74) is 0. The molecule has 19 heavy (non-hydrogen) atoms. The maximum absolute atomic E-state index is 2.39. The summed E-state index contributed by atoms with van der Waals surface area (Å²) in [6, 6.07) is 0. The van der Waals surface area contributed by atoms with Gasteiger partial charge in [-0.2, -0.15) is 0 Å². The quantitative estimate of drug-likeness (QED) is 0.300. The van der Waals surface area contributed by atoms with Crippen molar-refractivity contribution in [3.8, 4) is 0 Å². The summed E-state index contributed by atoms with van der Waals surface area (Å²) >= 11 is 0. The predicted octanol–water partition coefficient (Wildman–Crippen LogP) is 5.75. The van der Waals surface area contributed by atoms with Gasteiger partial charge in [-0.25, -0.2) is 0 Å². The highest BCUT2D eigenvalue weighted by Gasteiger charge is 2.26. The molecule has 3 heteroatoms. The first-order valence-corrected chi connectivity index (χ1v) is 12.3. The monoisotopic (exact) mass is 302 g/mol. The maximum Gasteiger partial charge on any atom is 0.101 e. The van der Waals surface area contributed by atoms with Crippen LogP contribution < -0.4 is 0 Å². The minimum Gasteiger partial charge on any atom is -0.0991 e. The van der Waals surface area contributed by atoms with E-state index in [2.05, 4.69) is 35.5 Å². The Balaban J connectivity index is 4.76. The lowest BCUT2D eigenvalue weighted by Gasteiger charge is -2.35. The van der Waals surface area contributed by atoms with Crippen LogP contribution in [0.1, 0.15) is 66.2 Å². The first-order valence-electron chi connectivity index (χ1n) is 8.73. The van der Waals surface area contributed by atoms with E-state index in [0.29, 0.717) is 15.8 Å². The Morgan fingerprint density at radius 3 is 1.37 bits per heavy atom. The minimum absolute atomic E-state index is 0.330.